The number of carbonyl (C=O) groups is 1. The van der Waals surface area contributed by atoms with Crippen molar-refractivity contribution >= 4 is 22.4 Å². The molecule has 2 N–H and O–H groups in total. The smallest absolute Gasteiger partial charge is 0.277 e. The third kappa shape index (κ3) is 3.62. The molecule has 128 valence electrons. The van der Waals surface area contributed by atoms with Crippen LogP contribution in [0.15, 0.2) is 48.8 Å². The fourth-order valence-electron chi connectivity index (χ4n) is 2.95. The Morgan fingerprint density at radius 3 is 2.96 bits per heavy atom. The summed E-state index contributed by atoms with van der Waals surface area (Å²) >= 11 is 1.46. The quantitative estimate of drug-likeness (QED) is 0.756. The summed E-state index contributed by atoms with van der Waals surface area (Å²) in [5.74, 6) is -0.225. The maximum absolute atomic E-state index is 12.4. The van der Waals surface area contributed by atoms with E-state index in [1.165, 1.54) is 11.3 Å². The second-order valence-electron chi connectivity index (χ2n) is 6.03. The number of anilines is 1. The van der Waals surface area contributed by atoms with Crippen molar-refractivity contribution in [2.75, 3.05) is 18.4 Å². The molecule has 0 radical (unpaired) electrons. The summed E-state index contributed by atoms with van der Waals surface area (Å²) < 4.78 is 1.89. The van der Waals surface area contributed by atoms with Crippen molar-refractivity contribution in [3.05, 3.63) is 54.5 Å². The van der Waals surface area contributed by atoms with Gasteiger partial charge in [-0.1, -0.05) is 41.7 Å². The number of aromatic nitrogens is 3. The zero-order chi connectivity index (χ0) is 17.1. The molecule has 4 rings (SSSR count). The summed E-state index contributed by atoms with van der Waals surface area (Å²) in [6.45, 7) is 1.95. The van der Waals surface area contributed by atoms with E-state index in [4.69, 9.17) is 0 Å². The van der Waals surface area contributed by atoms with E-state index in [2.05, 4.69) is 20.7 Å². The van der Waals surface area contributed by atoms with Crippen molar-refractivity contribution in [1.29, 1.82) is 0 Å². The Labute approximate surface area is 149 Å². The Kier molecular flexibility index (Phi) is 4.58. The monoisotopic (exact) mass is 353 g/mol. The number of benzene rings is 1. The molecular weight excluding hydrogens is 334 g/mol. The number of rotatable bonds is 4. The number of hydrogen-bond donors (Lipinski definition) is 2. The number of carbonyl (C=O) groups excluding carboxylic acids is 1. The lowest BCUT2D eigenvalue weighted by molar-refractivity contribution is 0.102. The maximum Gasteiger partial charge on any atom is 0.277 e. The van der Waals surface area contributed by atoms with Crippen LogP contribution in [0.25, 0.3) is 10.4 Å². The largest absolute Gasteiger partial charge is 0.315 e. The highest BCUT2D eigenvalue weighted by molar-refractivity contribution is 7.19. The van der Waals surface area contributed by atoms with Gasteiger partial charge >= 0.3 is 0 Å². The highest BCUT2D eigenvalue weighted by atomic mass is 32.1. The molecule has 1 amide bonds. The minimum absolute atomic E-state index is 0.225. The first kappa shape index (κ1) is 16.0. The molecule has 0 spiro atoms. The molecule has 7 heteroatoms. The molecule has 2 aromatic heterocycles. The SMILES string of the molecule is O=C(Nc1ncc(-c2ccccc2)s1)c1ccn(C2CCCNC2)n1. The van der Waals surface area contributed by atoms with Gasteiger partial charge in [-0.15, -0.1) is 0 Å². The van der Waals surface area contributed by atoms with E-state index in [1.807, 2.05) is 41.2 Å². The molecule has 0 aliphatic carbocycles. The van der Waals surface area contributed by atoms with E-state index in [1.54, 1.807) is 12.3 Å². The molecule has 6 nitrogen and oxygen atoms in total. The zero-order valence-corrected chi connectivity index (χ0v) is 14.5. The Balaban J connectivity index is 1.44. The number of amides is 1. The number of piperidine rings is 1. The van der Waals surface area contributed by atoms with Crippen LogP contribution in [-0.2, 0) is 0 Å². The van der Waals surface area contributed by atoms with Gasteiger partial charge in [-0.2, -0.15) is 5.10 Å². The fourth-order valence-corrected chi connectivity index (χ4v) is 3.77. The molecule has 1 saturated heterocycles. The molecule has 1 aliphatic rings. The minimum Gasteiger partial charge on any atom is -0.315 e. The van der Waals surface area contributed by atoms with E-state index < -0.39 is 0 Å². The van der Waals surface area contributed by atoms with Crippen molar-refractivity contribution in [2.24, 2.45) is 0 Å². The minimum atomic E-state index is -0.225. The summed E-state index contributed by atoms with van der Waals surface area (Å²) in [7, 11) is 0. The lowest BCUT2D eigenvalue weighted by Gasteiger charge is -2.22. The summed E-state index contributed by atoms with van der Waals surface area (Å²) in [5, 5.41) is 11.2. The predicted molar refractivity (Wildman–Crippen MR) is 98.9 cm³/mol. The van der Waals surface area contributed by atoms with Gasteiger partial charge in [-0.05, 0) is 31.0 Å². The summed E-state index contributed by atoms with van der Waals surface area (Å²) in [6.07, 6.45) is 5.88. The van der Waals surface area contributed by atoms with Crippen LogP contribution in [0.5, 0.6) is 0 Å². The molecule has 1 fully saturated rings. The average Bonchev–Trinajstić information content (AvgIpc) is 3.33. The number of hydrogen-bond acceptors (Lipinski definition) is 5. The molecule has 0 saturated carbocycles. The van der Waals surface area contributed by atoms with Gasteiger partial charge in [0.25, 0.3) is 5.91 Å². The van der Waals surface area contributed by atoms with Gasteiger partial charge in [0, 0.05) is 18.9 Å². The van der Waals surface area contributed by atoms with E-state index in [0.29, 0.717) is 16.9 Å². The zero-order valence-electron chi connectivity index (χ0n) is 13.7. The highest BCUT2D eigenvalue weighted by Gasteiger charge is 2.18. The van der Waals surface area contributed by atoms with Gasteiger partial charge in [0.15, 0.2) is 10.8 Å². The maximum atomic E-state index is 12.4. The van der Waals surface area contributed by atoms with Crippen LogP contribution in [0, 0.1) is 0 Å². The fraction of sp³-hybridized carbons (Fsp3) is 0.278. The van der Waals surface area contributed by atoms with Crippen LogP contribution in [0.1, 0.15) is 29.4 Å². The van der Waals surface area contributed by atoms with Crippen LogP contribution in [0.2, 0.25) is 0 Å². The Morgan fingerprint density at radius 1 is 1.28 bits per heavy atom. The molecule has 1 atom stereocenters. The second kappa shape index (κ2) is 7.16. The summed E-state index contributed by atoms with van der Waals surface area (Å²) in [6, 6.07) is 12.1. The normalized spacial score (nSPS) is 17.4. The summed E-state index contributed by atoms with van der Waals surface area (Å²) in [5.41, 5.74) is 1.51. The van der Waals surface area contributed by atoms with Gasteiger partial charge in [0.05, 0.1) is 10.9 Å². The molecule has 1 aromatic carbocycles. The Bertz CT molecular complexity index is 851. The lowest BCUT2D eigenvalue weighted by Crippen LogP contribution is -2.32. The van der Waals surface area contributed by atoms with Gasteiger partial charge in [-0.25, -0.2) is 4.98 Å². The second-order valence-corrected chi connectivity index (χ2v) is 7.06. The van der Waals surface area contributed by atoms with E-state index in [0.717, 1.165) is 36.4 Å². The Morgan fingerprint density at radius 2 is 2.16 bits per heavy atom. The molecular formula is C18H19N5OS. The van der Waals surface area contributed by atoms with Crippen LogP contribution in [-0.4, -0.2) is 33.8 Å². The van der Waals surface area contributed by atoms with Crippen molar-refractivity contribution in [1.82, 2.24) is 20.1 Å². The van der Waals surface area contributed by atoms with Gasteiger partial charge < -0.3 is 5.32 Å². The number of nitrogens with zero attached hydrogens (tertiary/aromatic N) is 3. The standard InChI is InChI=1S/C18H19N5OS/c24-17(15-8-10-23(22-15)14-7-4-9-19-11-14)21-18-20-12-16(25-18)13-5-2-1-3-6-13/h1-3,5-6,8,10,12,14,19H,4,7,9,11H2,(H,20,21,24). The van der Waals surface area contributed by atoms with Crippen molar-refractivity contribution in [3.8, 4) is 10.4 Å². The first-order chi connectivity index (χ1) is 12.3. The van der Waals surface area contributed by atoms with Crippen molar-refractivity contribution < 1.29 is 4.79 Å². The number of thiazole rings is 1. The molecule has 3 heterocycles. The van der Waals surface area contributed by atoms with Crippen LogP contribution < -0.4 is 10.6 Å². The van der Waals surface area contributed by atoms with Gasteiger partial charge in [0.1, 0.15) is 0 Å². The van der Waals surface area contributed by atoms with Crippen LogP contribution in [0.4, 0.5) is 5.13 Å². The van der Waals surface area contributed by atoms with E-state index in [9.17, 15) is 4.79 Å². The van der Waals surface area contributed by atoms with Crippen molar-refractivity contribution in [2.45, 2.75) is 18.9 Å². The first-order valence-electron chi connectivity index (χ1n) is 8.38. The van der Waals surface area contributed by atoms with Gasteiger partial charge in [0.2, 0.25) is 0 Å². The third-order valence-corrected chi connectivity index (χ3v) is 5.23. The summed E-state index contributed by atoms with van der Waals surface area (Å²) in [4.78, 5) is 17.7. The lowest BCUT2D eigenvalue weighted by atomic mass is 10.1. The van der Waals surface area contributed by atoms with Crippen LogP contribution >= 0.6 is 11.3 Å². The molecule has 0 bridgehead atoms. The topological polar surface area (TPSA) is 71.8 Å². The average molecular weight is 353 g/mol. The van der Waals surface area contributed by atoms with E-state index in [-0.39, 0.29) is 5.91 Å². The number of nitrogens with one attached hydrogen (secondary N) is 2. The predicted octanol–water partition coefficient (Wildman–Crippen LogP) is 3.18. The molecule has 1 unspecified atom stereocenters. The highest BCUT2D eigenvalue weighted by Crippen LogP contribution is 2.28. The molecule has 1 aliphatic heterocycles. The third-order valence-electron chi connectivity index (χ3n) is 4.27. The molecule has 3 aromatic rings. The Hall–Kier alpha value is -2.51. The van der Waals surface area contributed by atoms with E-state index >= 15 is 0 Å². The van der Waals surface area contributed by atoms with Gasteiger partial charge in [-0.3, -0.25) is 14.8 Å². The first-order valence-corrected chi connectivity index (χ1v) is 9.20. The van der Waals surface area contributed by atoms with Crippen molar-refractivity contribution in [3.63, 3.8) is 0 Å². The van der Waals surface area contributed by atoms with Crippen LogP contribution in [0.3, 0.4) is 0 Å². The molecule has 25 heavy (non-hydrogen) atoms.